The van der Waals surface area contributed by atoms with Gasteiger partial charge in [-0.05, 0) is 32.8 Å². The zero-order valence-corrected chi connectivity index (χ0v) is 16.9. The standard InChI is InChI=1S/C19H23ClN4O4/c1-4-16(25)27-10-13-6-5-7-14(13)24-18(26)17(20)15(9-21-24)28-19-22-11(2)8-12(3)23-19/h8-9,13-14H,4-7,10H2,1-3H3. The molecule has 0 aliphatic heterocycles. The van der Waals surface area contributed by atoms with Crippen molar-refractivity contribution in [2.24, 2.45) is 5.92 Å². The molecule has 9 heteroatoms. The Morgan fingerprint density at radius 2 is 2.00 bits per heavy atom. The van der Waals surface area contributed by atoms with E-state index >= 15 is 0 Å². The fraction of sp³-hybridized carbons (Fsp3) is 0.526. The highest BCUT2D eigenvalue weighted by atomic mass is 35.5. The van der Waals surface area contributed by atoms with Gasteiger partial charge in [0.25, 0.3) is 5.56 Å². The van der Waals surface area contributed by atoms with Crippen molar-refractivity contribution in [2.75, 3.05) is 6.61 Å². The van der Waals surface area contributed by atoms with Crippen molar-refractivity contribution >= 4 is 17.6 Å². The predicted molar refractivity (Wildman–Crippen MR) is 103 cm³/mol. The monoisotopic (exact) mass is 406 g/mol. The quantitative estimate of drug-likeness (QED) is 0.678. The van der Waals surface area contributed by atoms with Crippen LogP contribution in [0.15, 0.2) is 17.1 Å². The van der Waals surface area contributed by atoms with Gasteiger partial charge in [0.1, 0.15) is 0 Å². The van der Waals surface area contributed by atoms with Gasteiger partial charge in [-0.15, -0.1) is 0 Å². The van der Waals surface area contributed by atoms with Gasteiger partial charge in [0.15, 0.2) is 10.8 Å². The van der Waals surface area contributed by atoms with Crippen LogP contribution in [-0.4, -0.2) is 32.3 Å². The second-order valence-electron chi connectivity index (χ2n) is 6.90. The molecule has 0 bridgehead atoms. The van der Waals surface area contributed by atoms with E-state index in [4.69, 9.17) is 21.1 Å². The van der Waals surface area contributed by atoms with Gasteiger partial charge < -0.3 is 9.47 Å². The lowest BCUT2D eigenvalue weighted by Gasteiger charge is -2.21. The molecule has 1 aliphatic rings. The van der Waals surface area contributed by atoms with Crippen LogP contribution >= 0.6 is 11.6 Å². The molecule has 0 amide bonds. The van der Waals surface area contributed by atoms with Crippen LogP contribution < -0.4 is 10.3 Å². The molecule has 2 atom stereocenters. The average molecular weight is 407 g/mol. The van der Waals surface area contributed by atoms with Crippen LogP contribution in [0.25, 0.3) is 0 Å². The van der Waals surface area contributed by atoms with E-state index in [2.05, 4.69) is 15.1 Å². The number of hydrogen-bond donors (Lipinski definition) is 0. The van der Waals surface area contributed by atoms with Crippen LogP contribution in [0.4, 0.5) is 0 Å². The first-order valence-corrected chi connectivity index (χ1v) is 9.70. The summed E-state index contributed by atoms with van der Waals surface area (Å²) in [5.74, 6) is -0.104. The molecule has 2 heterocycles. The number of ether oxygens (including phenoxy) is 2. The molecule has 2 aromatic heterocycles. The number of esters is 1. The summed E-state index contributed by atoms with van der Waals surface area (Å²) in [6, 6.07) is 1.76. The lowest BCUT2D eigenvalue weighted by atomic mass is 10.1. The number of hydrogen-bond acceptors (Lipinski definition) is 7. The third kappa shape index (κ3) is 4.49. The first-order chi connectivity index (χ1) is 13.4. The highest BCUT2D eigenvalue weighted by Crippen LogP contribution is 2.35. The number of aromatic nitrogens is 4. The van der Waals surface area contributed by atoms with E-state index in [1.54, 1.807) is 6.92 Å². The highest BCUT2D eigenvalue weighted by Gasteiger charge is 2.32. The third-order valence-corrected chi connectivity index (χ3v) is 5.10. The van der Waals surface area contributed by atoms with Crippen molar-refractivity contribution in [3.05, 3.63) is 39.0 Å². The Bertz CT molecular complexity index is 910. The maximum atomic E-state index is 12.8. The lowest BCUT2D eigenvalue weighted by Crippen LogP contribution is -2.31. The van der Waals surface area contributed by atoms with Crippen LogP contribution in [0, 0.1) is 19.8 Å². The predicted octanol–water partition coefficient (Wildman–Crippen LogP) is 3.39. The summed E-state index contributed by atoms with van der Waals surface area (Å²) in [5.41, 5.74) is 1.05. The van der Waals surface area contributed by atoms with Crippen LogP contribution in [0.2, 0.25) is 5.02 Å². The minimum absolute atomic E-state index is 0.0336. The summed E-state index contributed by atoms with van der Waals surface area (Å²) in [6.45, 7) is 5.67. The van der Waals surface area contributed by atoms with Gasteiger partial charge in [0, 0.05) is 23.7 Å². The van der Waals surface area contributed by atoms with E-state index in [9.17, 15) is 9.59 Å². The maximum Gasteiger partial charge on any atom is 0.322 e. The summed E-state index contributed by atoms with van der Waals surface area (Å²) in [7, 11) is 0. The number of carbonyl (C=O) groups is 1. The normalized spacial score (nSPS) is 18.9. The Labute approximate surface area is 167 Å². The number of aryl methyl sites for hydroxylation is 2. The van der Waals surface area contributed by atoms with Crippen molar-refractivity contribution in [3.8, 4) is 11.8 Å². The smallest absolute Gasteiger partial charge is 0.322 e. The molecule has 0 aromatic carbocycles. The van der Waals surface area contributed by atoms with Gasteiger partial charge in [0.05, 0.1) is 18.8 Å². The molecule has 150 valence electrons. The molecule has 3 rings (SSSR count). The van der Waals surface area contributed by atoms with E-state index in [0.29, 0.717) is 6.42 Å². The first kappa shape index (κ1) is 20.3. The highest BCUT2D eigenvalue weighted by molar-refractivity contribution is 6.31. The Balaban J connectivity index is 1.81. The molecule has 1 fully saturated rings. The second kappa shape index (κ2) is 8.68. The first-order valence-electron chi connectivity index (χ1n) is 9.32. The number of halogens is 1. The molecule has 2 unspecified atom stereocenters. The SMILES string of the molecule is CCC(=O)OCC1CCCC1n1ncc(Oc2nc(C)cc(C)n2)c(Cl)c1=O. The van der Waals surface area contributed by atoms with Gasteiger partial charge in [-0.1, -0.05) is 24.9 Å². The van der Waals surface area contributed by atoms with E-state index in [0.717, 1.165) is 30.7 Å². The molecule has 28 heavy (non-hydrogen) atoms. The lowest BCUT2D eigenvalue weighted by molar-refractivity contribution is -0.144. The van der Waals surface area contributed by atoms with Gasteiger partial charge >= 0.3 is 12.0 Å². The van der Waals surface area contributed by atoms with Crippen LogP contribution in [0.3, 0.4) is 0 Å². The Morgan fingerprint density at radius 3 is 2.68 bits per heavy atom. The molecule has 0 spiro atoms. The van der Waals surface area contributed by atoms with Crippen molar-refractivity contribution in [3.63, 3.8) is 0 Å². The molecule has 1 saturated carbocycles. The van der Waals surface area contributed by atoms with E-state index in [1.807, 2.05) is 19.9 Å². The molecular formula is C19H23ClN4O4. The number of nitrogens with zero attached hydrogens (tertiary/aromatic N) is 4. The molecule has 0 N–H and O–H groups in total. The van der Waals surface area contributed by atoms with Crippen molar-refractivity contribution < 1.29 is 14.3 Å². The zero-order chi connectivity index (χ0) is 20.3. The molecule has 8 nitrogen and oxygen atoms in total. The fourth-order valence-electron chi connectivity index (χ4n) is 3.41. The topological polar surface area (TPSA) is 96.2 Å². The van der Waals surface area contributed by atoms with Crippen molar-refractivity contribution in [2.45, 2.75) is 52.5 Å². The summed E-state index contributed by atoms with van der Waals surface area (Å²) >= 11 is 6.26. The third-order valence-electron chi connectivity index (χ3n) is 4.75. The largest absolute Gasteiger partial charge is 0.465 e. The van der Waals surface area contributed by atoms with Gasteiger partial charge in [-0.2, -0.15) is 5.10 Å². The molecule has 2 aromatic rings. The number of carbonyl (C=O) groups excluding carboxylic acids is 1. The second-order valence-corrected chi connectivity index (χ2v) is 7.28. The number of rotatable bonds is 6. The van der Waals surface area contributed by atoms with Crippen LogP contribution in [0.1, 0.15) is 50.0 Å². The summed E-state index contributed by atoms with van der Waals surface area (Å²) in [6.07, 6.45) is 4.30. The van der Waals surface area contributed by atoms with Gasteiger partial charge in [0.2, 0.25) is 0 Å². The van der Waals surface area contributed by atoms with E-state index < -0.39 is 5.56 Å². The van der Waals surface area contributed by atoms with Crippen molar-refractivity contribution in [1.29, 1.82) is 0 Å². The molecule has 1 aliphatic carbocycles. The fourth-order valence-corrected chi connectivity index (χ4v) is 3.58. The van der Waals surface area contributed by atoms with Crippen LogP contribution in [0.5, 0.6) is 11.8 Å². The van der Waals surface area contributed by atoms with Gasteiger partial charge in [-0.25, -0.2) is 14.6 Å². The Morgan fingerprint density at radius 1 is 1.29 bits per heavy atom. The summed E-state index contributed by atoms with van der Waals surface area (Å²) in [5, 5.41) is 4.18. The average Bonchev–Trinajstić information content (AvgIpc) is 3.11. The summed E-state index contributed by atoms with van der Waals surface area (Å²) in [4.78, 5) is 32.6. The summed E-state index contributed by atoms with van der Waals surface area (Å²) < 4.78 is 12.2. The minimum atomic E-state index is -0.442. The zero-order valence-electron chi connectivity index (χ0n) is 16.1. The van der Waals surface area contributed by atoms with E-state index in [1.165, 1.54) is 10.9 Å². The Kier molecular flexibility index (Phi) is 6.28. The van der Waals surface area contributed by atoms with Gasteiger partial charge in [-0.3, -0.25) is 9.59 Å². The molecular weight excluding hydrogens is 384 g/mol. The van der Waals surface area contributed by atoms with Crippen molar-refractivity contribution in [1.82, 2.24) is 19.7 Å². The minimum Gasteiger partial charge on any atom is -0.465 e. The maximum absolute atomic E-state index is 12.8. The molecule has 0 radical (unpaired) electrons. The van der Waals surface area contributed by atoms with Crippen LogP contribution in [-0.2, 0) is 9.53 Å². The Hall–Kier alpha value is -2.48. The molecule has 0 saturated heterocycles. The van der Waals surface area contributed by atoms with E-state index in [-0.39, 0.29) is 41.3 Å².